The van der Waals surface area contributed by atoms with Crippen LogP contribution in [0.1, 0.15) is 187 Å². The fourth-order valence-electron chi connectivity index (χ4n) is 5.85. The van der Waals surface area contributed by atoms with Gasteiger partial charge in [0, 0.05) is 0 Å². The van der Waals surface area contributed by atoms with E-state index in [0.717, 1.165) is 51.4 Å². The minimum atomic E-state index is -1.29. The highest BCUT2D eigenvalue weighted by molar-refractivity contribution is 5.80. The molecular formula is C41H77NO5. The van der Waals surface area contributed by atoms with Crippen LogP contribution in [0.2, 0.25) is 0 Å². The third-order valence-corrected chi connectivity index (χ3v) is 9.06. The van der Waals surface area contributed by atoms with Crippen LogP contribution in [0, 0.1) is 0 Å². The Morgan fingerprint density at radius 3 is 1.34 bits per heavy atom. The number of hydrogen-bond acceptors (Lipinski definition) is 5. The van der Waals surface area contributed by atoms with E-state index >= 15 is 0 Å². The Balaban J connectivity index is 3.88. The number of carbonyl (C=O) groups excluding carboxylic acids is 1. The molecule has 0 fully saturated rings. The minimum absolute atomic E-state index is 0.360. The number of hydrogen-bond donors (Lipinski definition) is 5. The number of aliphatic hydroxyl groups excluding tert-OH is 4. The number of carbonyl (C=O) groups is 1. The third-order valence-electron chi connectivity index (χ3n) is 9.06. The average Bonchev–Trinajstić information content (AvgIpc) is 3.07. The number of amides is 1. The highest BCUT2D eigenvalue weighted by atomic mass is 16.3. The lowest BCUT2D eigenvalue weighted by Gasteiger charge is -2.27. The summed E-state index contributed by atoms with van der Waals surface area (Å²) in [4.78, 5) is 12.4. The molecule has 0 aliphatic rings. The molecular weight excluding hydrogens is 586 g/mol. The first-order valence-electron chi connectivity index (χ1n) is 19.9. The van der Waals surface area contributed by atoms with Gasteiger partial charge in [-0.3, -0.25) is 4.79 Å². The van der Waals surface area contributed by atoms with Crippen molar-refractivity contribution >= 4 is 5.91 Å². The number of rotatable bonds is 35. The van der Waals surface area contributed by atoms with Gasteiger partial charge in [-0.05, 0) is 64.2 Å². The van der Waals surface area contributed by atoms with Gasteiger partial charge in [0.15, 0.2) is 0 Å². The molecule has 0 aromatic rings. The lowest BCUT2D eigenvalue weighted by molar-refractivity contribution is -0.132. The summed E-state index contributed by atoms with van der Waals surface area (Å²) in [5.74, 6) is -0.601. The van der Waals surface area contributed by atoms with Gasteiger partial charge in [-0.15, -0.1) is 0 Å². The van der Waals surface area contributed by atoms with Crippen LogP contribution < -0.4 is 5.32 Å². The topological polar surface area (TPSA) is 110 Å². The quantitative estimate of drug-likeness (QED) is 0.0343. The van der Waals surface area contributed by atoms with Gasteiger partial charge in [0.25, 0.3) is 0 Å². The summed E-state index contributed by atoms with van der Waals surface area (Å²) in [6, 6.07) is -1.01. The van der Waals surface area contributed by atoms with E-state index in [2.05, 4.69) is 55.6 Å². The maximum absolute atomic E-state index is 12.4. The second kappa shape index (κ2) is 35.8. The summed E-state index contributed by atoms with van der Waals surface area (Å²) in [6.07, 6.45) is 40.2. The molecule has 0 aliphatic heterocycles. The van der Waals surface area contributed by atoms with Crippen molar-refractivity contribution in [2.45, 2.75) is 212 Å². The minimum Gasteiger partial charge on any atom is -0.394 e. The molecule has 6 heteroatoms. The summed E-state index contributed by atoms with van der Waals surface area (Å²) in [5, 5.41) is 43.5. The van der Waals surface area contributed by atoms with Gasteiger partial charge in [-0.2, -0.15) is 0 Å². The molecule has 0 aromatic heterocycles. The second-order valence-electron chi connectivity index (χ2n) is 13.6. The molecule has 0 radical (unpaired) electrons. The normalized spacial score (nSPS) is 14.8. The predicted octanol–water partition coefficient (Wildman–Crippen LogP) is 9.79. The average molecular weight is 664 g/mol. The van der Waals surface area contributed by atoms with Gasteiger partial charge in [0.1, 0.15) is 12.2 Å². The zero-order valence-electron chi connectivity index (χ0n) is 30.8. The molecule has 276 valence electrons. The van der Waals surface area contributed by atoms with Crippen LogP contribution in [0.25, 0.3) is 0 Å². The van der Waals surface area contributed by atoms with Crippen LogP contribution >= 0.6 is 0 Å². The summed E-state index contributed by atoms with van der Waals surface area (Å²) in [5.41, 5.74) is 0. The Hall–Kier alpha value is -1.47. The Morgan fingerprint density at radius 2 is 0.894 bits per heavy atom. The Bertz CT molecular complexity index is 752. The highest BCUT2D eigenvalue weighted by Crippen LogP contribution is 2.14. The van der Waals surface area contributed by atoms with E-state index in [-0.39, 0.29) is 0 Å². The fraction of sp³-hybridized carbons (Fsp3) is 0.829. The van der Waals surface area contributed by atoms with Crippen LogP contribution in [0.5, 0.6) is 0 Å². The van der Waals surface area contributed by atoms with E-state index in [4.69, 9.17) is 0 Å². The van der Waals surface area contributed by atoms with Crippen molar-refractivity contribution in [3.63, 3.8) is 0 Å². The first kappa shape index (κ1) is 45.5. The van der Waals surface area contributed by atoms with Gasteiger partial charge < -0.3 is 25.7 Å². The lowest BCUT2D eigenvalue weighted by Crippen LogP contribution is -2.53. The first-order valence-corrected chi connectivity index (χ1v) is 19.9. The Morgan fingerprint density at radius 1 is 0.511 bits per heavy atom. The third kappa shape index (κ3) is 30.3. The van der Waals surface area contributed by atoms with E-state index in [1.54, 1.807) is 0 Å². The molecule has 0 aromatic carbocycles. The summed E-state index contributed by atoms with van der Waals surface area (Å²) in [6.45, 7) is 4.00. The first-order chi connectivity index (χ1) is 23.0. The van der Waals surface area contributed by atoms with Gasteiger partial charge in [0.2, 0.25) is 5.91 Å². The van der Waals surface area contributed by atoms with Crippen LogP contribution in [0.4, 0.5) is 0 Å². The van der Waals surface area contributed by atoms with Gasteiger partial charge in [-0.25, -0.2) is 0 Å². The van der Waals surface area contributed by atoms with Crippen molar-refractivity contribution in [3.05, 3.63) is 36.5 Å². The SMILES string of the molecule is CCCCCCC/C=C/CC/C=C/CC/C=C/CCCC(O)C(O)C(CO)NC(=O)C(O)CCCCCCCCCCCCCCC. The number of allylic oxidation sites excluding steroid dienone is 6. The Labute approximate surface area is 290 Å². The largest absolute Gasteiger partial charge is 0.394 e. The van der Waals surface area contributed by atoms with Crippen molar-refractivity contribution in [1.29, 1.82) is 0 Å². The maximum atomic E-state index is 12.4. The molecule has 0 saturated heterocycles. The Kier molecular flexibility index (Phi) is 34.7. The molecule has 47 heavy (non-hydrogen) atoms. The highest BCUT2D eigenvalue weighted by Gasteiger charge is 2.28. The molecule has 0 saturated carbocycles. The molecule has 4 unspecified atom stereocenters. The van der Waals surface area contributed by atoms with Crippen molar-refractivity contribution in [3.8, 4) is 0 Å². The van der Waals surface area contributed by atoms with Crippen molar-refractivity contribution < 1.29 is 25.2 Å². The molecule has 0 rings (SSSR count). The van der Waals surface area contributed by atoms with Crippen molar-refractivity contribution in [2.24, 2.45) is 0 Å². The van der Waals surface area contributed by atoms with Crippen molar-refractivity contribution in [1.82, 2.24) is 5.32 Å². The van der Waals surface area contributed by atoms with Crippen LogP contribution in [-0.2, 0) is 4.79 Å². The molecule has 0 bridgehead atoms. The monoisotopic (exact) mass is 664 g/mol. The summed E-state index contributed by atoms with van der Waals surface area (Å²) >= 11 is 0. The summed E-state index contributed by atoms with van der Waals surface area (Å²) in [7, 11) is 0. The van der Waals surface area contributed by atoms with E-state index in [0.29, 0.717) is 19.3 Å². The number of aliphatic hydroxyl groups is 4. The number of unbranched alkanes of at least 4 members (excludes halogenated alkanes) is 20. The summed E-state index contributed by atoms with van der Waals surface area (Å²) < 4.78 is 0. The number of nitrogens with one attached hydrogen (secondary N) is 1. The van der Waals surface area contributed by atoms with Gasteiger partial charge in [-0.1, -0.05) is 159 Å². The van der Waals surface area contributed by atoms with E-state index < -0.39 is 36.9 Å². The molecule has 1 amide bonds. The van der Waals surface area contributed by atoms with Gasteiger partial charge in [0.05, 0.1) is 18.8 Å². The van der Waals surface area contributed by atoms with E-state index in [1.807, 2.05) is 0 Å². The van der Waals surface area contributed by atoms with Crippen LogP contribution in [0.3, 0.4) is 0 Å². The zero-order chi connectivity index (χ0) is 34.6. The molecule has 4 atom stereocenters. The van der Waals surface area contributed by atoms with Crippen LogP contribution in [-0.4, -0.2) is 57.3 Å². The van der Waals surface area contributed by atoms with Crippen LogP contribution in [0.15, 0.2) is 36.5 Å². The smallest absolute Gasteiger partial charge is 0.249 e. The van der Waals surface area contributed by atoms with Crippen molar-refractivity contribution in [2.75, 3.05) is 6.61 Å². The zero-order valence-corrected chi connectivity index (χ0v) is 30.8. The standard InChI is InChI=1S/C41H77NO5/c1-3-5-7-9-11-13-15-17-18-19-20-21-23-24-26-28-30-32-34-38(44)40(46)37(36-43)42-41(47)39(45)35-33-31-29-27-25-22-16-14-12-10-8-6-4-2/h15,17,20-21,26,28,37-40,43-46H,3-14,16,18-19,22-25,27,29-36H2,1-2H3,(H,42,47)/b17-15+,21-20+,28-26+. The fourth-order valence-corrected chi connectivity index (χ4v) is 5.85. The molecule has 0 heterocycles. The molecule has 0 spiro atoms. The lowest BCUT2D eigenvalue weighted by atomic mass is 10.00. The maximum Gasteiger partial charge on any atom is 0.249 e. The predicted molar refractivity (Wildman–Crippen MR) is 200 cm³/mol. The van der Waals surface area contributed by atoms with Gasteiger partial charge >= 0.3 is 0 Å². The second-order valence-corrected chi connectivity index (χ2v) is 13.6. The van der Waals surface area contributed by atoms with E-state index in [1.165, 1.54) is 103 Å². The molecule has 0 aliphatic carbocycles. The molecule has 6 nitrogen and oxygen atoms in total. The molecule has 5 N–H and O–H groups in total. The van der Waals surface area contributed by atoms with E-state index in [9.17, 15) is 25.2 Å².